The van der Waals surface area contributed by atoms with Crippen molar-refractivity contribution in [2.24, 2.45) is 10.7 Å². The van der Waals surface area contributed by atoms with Gasteiger partial charge in [0.25, 0.3) is 22.6 Å². The fourth-order valence-electron chi connectivity index (χ4n) is 8.76. The number of aromatic amines is 4. The van der Waals surface area contributed by atoms with Crippen LogP contribution in [0.2, 0.25) is 0 Å². The van der Waals surface area contributed by atoms with Crippen LogP contribution in [0.25, 0.3) is 16.9 Å². The van der Waals surface area contributed by atoms with E-state index in [1.54, 1.807) is 81.9 Å². The van der Waals surface area contributed by atoms with Crippen LogP contribution in [0, 0.1) is 0 Å². The Bertz CT molecular complexity index is 4440. The van der Waals surface area contributed by atoms with Crippen LogP contribution in [-0.2, 0) is 45.5 Å². The number of ether oxygens (including phenoxy) is 3. The maximum Gasteiger partial charge on any atom is 0.347 e. The molecule has 1 aliphatic rings. The average Bonchev–Trinajstić information content (AvgIpc) is 1.04. The van der Waals surface area contributed by atoms with Gasteiger partial charge >= 0.3 is 23.9 Å². The Morgan fingerprint density at radius 2 is 1.03 bits per heavy atom. The van der Waals surface area contributed by atoms with Crippen LogP contribution < -0.4 is 38.8 Å². The second-order valence-electron chi connectivity index (χ2n) is 25.1. The summed E-state index contributed by atoms with van der Waals surface area (Å²) >= 11 is 0. The fourth-order valence-corrected chi connectivity index (χ4v) is 8.76. The summed E-state index contributed by atoms with van der Waals surface area (Å²) in [6, 6.07) is 13.7. The van der Waals surface area contributed by atoms with Crippen molar-refractivity contribution < 1.29 is 53.5 Å². The Hall–Kier alpha value is -11.6. The Balaban J connectivity index is 0.000000217. The zero-order valence-corrected chi connectivity index (χ0v) is 56.3. The molecule has 1 aliphatic heterocycles. The molecule has 30 heteroatoms. The molecule has 0 fully saturated rings. The number of aromatic carboxylic acids is 1. The van der Waals surface area contributed by atoms with Gasteiger partial charge in [0.1, 0.15) is 34.0 Å². The number of benzene rings is 2. The molecule has 0 saturated carbocycles. The van der Waals surface area contributed by atoms with Gasteiger partial charge in [-0.2, -0.15) is 5.10 Å². The number of fused-ring (bicyclic) bond motifs is 3. The van der Waals surface area contributed by atoms with Crippen LogP contribution in [0.5, 0.6) is 11.5 Å². The number of aliphatic imine (C=N–C) groups is 1. The number of allylic oxidation sites excluding steroid dienone is 1. The first-order valence-electron chi connectivity index (χ1n) is 30.1. The normalized spacial score (nSPS) is 11.7. The summed E-state index contributed by atoms with van der Waals surface area (Å²) in [6.07, 6.45) is 14.5. The zero-order chi connectivity index (χ0) is 71.6. The van der Waals surface area contributed by atoms with Crippen LogP contribution in [-0.4, -0.2) is 132 Å². The number of hydrogen-bond donors (Lipinski definition) is 11. The molecule has 0 radical (unpaired) electrons. The number of nitrogens with one attached hydrogen (secondary N) is 6. The van der Waals surface area contributed by atoms with Gasteiger partial charge < -0.3 is 51.6 Å². The number of phenols is 2. The van der Waals surface area contributed by atoms with Gasteiger partial charge in [-0.05, 0) is 82.9 Å². The molecule has 9 aromatic rings. The number of carbonyl (C=O) groups excluding carboxylic acids is 4. The minimum absolute atomic E-state index is 0.00220. The number of phenolic OH excluding ortho intramolecular Hbond substituents is 2. The number of nitrogen functional groups attached to an aromatic ring is 1. The number of aromatic nitrogens is 11. The number of amides is 1. The highest BCUT2D eigenvalue weighted by Gasteiger charge is 2.28. The van der Waals surface area contributed by atoms with Gasteiger partial charge in [0.15, 0.2) is 22.5 Å². The molecule has 7 aromatic heterocycles. The lowest BCUT2D eigenvalue weighted by molar-refractivity contribution is -0.146. The van der Waals surface area contributed by atoms with E-state index in [0.29, 0.717) is 40.7 Å². The maximum absolute atomic E-state index is 12.8. The highest BCUT2D eigenvalue weighted by molar-refractivity contribution is 6.14. The van der Waals surface area contributed by atoms with Gasteiger partial charge in [-0.1, -0.05) is 83.1 Å². The van der Waals surface area contributed by atoms with Crippen molar-refractivity contribution in [2.45, 2.75) is 126 Å². The third-order valence-electron chi connectivity index (χ3n) is 13.6. The highest BCUT2D eigenvalue weighted by atomic mass is 16.6. The second-order valence-corrected chi connectivity index (χ2v) is 25.1. The largest absolute Gasteiger partial charge is 0.508 e. The van der Waals surface area contributed by atoms with E-state index in [1.807, 2.05) is 53.7 Å². The molecule has 1 amide bonds. The smallest absolute Gasteiger partial charge is 0.347 e. The highest BCUT2D eigenvalue weighted by Crippen LogP contribution is 2.40. The Morgan fingerprint density at radius 1 is 0.594 bits per heavy atom. The van der Waals surface area contributed by atoms with Crippen molar-refractivity contribution in [3.05, 3.63) is 185 Å². The van der Waals surface area contributed by atoms with Gasteiger partial charge in [-0.3, -0.25) is 44.6 Å². The van der Waals surface area contributed by atoms with Gasteiger partial charge in [0.2, 0.25) is 0 Å². The molecule has 10 rings (SSSR count). The molecular formula is C66H84N16O14. The molecule has 0 bridgehead atoms. The quantitative estimate of drug-likeness (QED) is 0.0147. The molecule has 13 N–H and O–H groups in total. The number of carboxylic acid groups (broad SMARTS) is 1. The molecule has 30 nitrogen and oxygen atoms in total. The number of carbonyl (C=O) groups is 5. The number of anilines is 3. The first-order valence-corrected chi connectivity index (χ1v) is 30.1. The summed E-state index contributed by atoms with van der Waals surface area (Å²) in [4.78, 5) is 109. The van der Waals surface area contributed by atoms with Crippen molar-refractivity contribution in [3.8, 4) is 11.5 Å². The first kappa shape index (κ1) is 75.1. The van der Waals surface area contributed by atoms with E-state index in [-0.39, 0.29) is 75.2 Å². The lowest BCUT2D eigenvalue weighted by Crippen LogP contribution is -2.28. The van der Waals surface area contributed by atoms with E-state index >= 15 is 0 Å². The zero-order valence-electron chi connectivity index (χ0n) is 56.3. The molecular weight excluding hydrogens is 1240 g/mol. The predicted octanol–water partition coefficient (Wildman–Crippen LogP) is 7.81. The van der Waals surface area contributed by atoms with Crippen LogP contribution in [0.4, 0.5) is 17.2 Å². The summed E-state index contributed by atoms with van der Waals surface area (Å²) in [5.41, 5.74) is 15.4. The summed E-state index contributed by atoms with van der Waals surface area (Å²) in [5.74, 6) is -3.04. The first-order chi connectivity index (χ1) is 44.9. The number of hydrogen-bond acceptors (Lipinski definition) is 21. The lowest BCUT2D eigenvalue weighted by atomic mass is 9.79. The monoisotopic (exact) mass is 1320 g/mol. The molecule has 0 atom stereocenters. The number of H-pyrrole nitrogens is 4. The maximum atomic E-state index is 12.8. The minimum Gasteiger partial charge on any atom is -0.508 e. The summed E-state index contributed by atoms with van der Waals surface area (Å²) in [5, 5.41) is 48.9. The van der Waals surface area contributed by atoms with Crippen LogP contribution in [0.1, 0.15) is 157 Å². The van der Waals surface area contributed by atoms with E-state index in [4.69, 9.17) is 30.8 Å². The van der Waals surface area contributed by atoms with E-state index in [0.717, 1.165) is 38.7 Å². The summed E-state index contributed by atoms with van der Waals surface area (Å²) in [6.45, 7) is 31.1. The van der Waals surface area contributed by atoms with Crippen molar-refractivity contribution in [1.29, 1.82) is 0 Å². The summed E-state index contributed by atoms with van der Waals surface area (Å²) in [7, 11) is 0. The number of aromatic hydroxyl groups is 2. The van der Waals surface area contributed by atoms with Gasteiger partial charge in [-0.25, -0.2) is 47.7 Å². The molecule has 2 aromatic carbocycles. The second kappa shape index (κ2) is 32.3. The van der Waals surface area contributed by atoms with Crippen LogP contribution in [0.15, 0.2) is 135 Å². The number of rotatable bonds is 11. The van der Waals surface area contributed by atoms with Gasteiger partial charge in [0, 0.05) is 103 Å². The Labute approximate surface area is 551 Å². The predicted molar refractivity (Wildman–Crippen MR) is 363 cm³/mol. The van der Waals surface area contributed by atoms with Gasteiger partial charge in [0.05, 0.1) is 32.6 Å². The van der Waals surface area contributed by atoms with Crippen LogP contribution >= 0.6 is 0 Å². The topological polar surface area (TPSA) is 441 Å². The standard InChI is InChI=1S/C21H26N4O3.C14H23NO.C11H15N3O4.C9H9N3O3.C7H5N3O3.C4H6N2/c1-20(2,3)13-9-14(21(4,5)6)16(26)10-15(13)24-18(27)12-11-22-17-7-8-23-25(17)19(12)28;1-13(2,3)9-7-10(14(4,5)6)12(16)8-11(9)15;1-3-17-10(15)8(11(16)18-4-2)7-12-9-5-6-13-14-9;1-2-15-9(14)6-5-10-7-3-4-11-12(7)8(6)13;11-6-4(7(12)13)3-8-5-1-2-9-10(5)6;5-4-1-2-6-3-4/h7-11,23,26H,1-6H3,(H,24,27);7-8,16H,15H2,1-6H3;5-7H,3-4H2,1-2H3,(H2,12,13,14);3-5,11H,2H2,1H3;1-3,9H,(H,12,13);1-2H,3,5H2. The molecule has 512 valence electrons. The van der Waals surface area contributed by atoms with E-state index in [2.05, 4.69) is 97.6 Å². The summed E-state index contributed by atoms with van der Waals surface area (Å²) < 4.78 is 17.7. The minimum atomic E-state index is -1.28. The van der Waals surface area contributed by atoms with Crippen molar-refractivity contribution in [1.82, 2.24) is 54.0 Å². The SMILES string of the molecule is CC(C)(C)c1cc(C(C)(C)C)c(NC(=O)c2cnc3cc[nH]n3c2=O)cc1O.CC(C)(C)c1cc(C(C)(C)C)c(O)cc1N.CCOC(=O)C(=CNc1ccn[nH]1)C(=O)OCC.CCOC(=O)c1cnc2cc[nH]n2c1=O.NC1=CC=NC1.O=C(O)c1cnc2cc[nH]n2c1=O. The van der Waals surface area contributed by atoms with Crippen molar-refractivity contribution in [3.63, 3.8) is 0 Å². The van der Waals surface area contributed by atoms with E-state index in [1.165, 1.54) is 40.0 Å². The molecule has 8 heterocycles. The third kappa shape index (κ3) is 20.0. The van der Waals surface area contributed by atoms with Gasteiger partial charge in [-0.15, -0.1) is 0 Å². The lowest BCUT2D eigenvalue weighted by Gasteiger charge is -2.28. The number of nitrogens with two attached hydrogens (primary N) is 2. The third-order valence-corrected chi connectivity index (χ3v) is 13.6. The van der Waals surface area contributed by atoms with Crippen LogP contribution in [0.3, 0.4) is 0 Å². The molecule has 0 saturated heterocycles. The molecule has 0 spiro atoms. The van der Waals surface area contributed by atoms with Crippen molar-refractivity contribution >= 4 is 70.1 Å². The molecule has 96 heavy (non-hydrogen) atoms. The fraction of sp³-hybridized carbons (Fsp3) is 0.348. The molecule has 0 unspecified atom stereocenters. The van der Waals surface area contributed by atoms with Crippen molar-refractivity contribution in [2.75, 3.05) is 42.7 Å². The average molecular weight is 1330 g/mol. The van der Waals surface area contributed by atoms with E-state index in [9.17, 15) is 48.6 Å². The molecule has 0 aliphatic carbocycles. The number of nitrogens with zero attached hydrogens (tertiary/aromatic N) is 8. The Kier molecular flexibility index (Phi) is 25.3. The Morgan fingerprint density at radius 3 is 1.44 bits per heavy atom. The number of esters is 3. The van der Waals surface area contributed by atoms with E-state index < -0.39 is 46.5 Å². The number of carboxylic acids is 1.